The molecule has 0 bridgehead atoms. The van der Waals surface area contributed by atoms with Gasteiger partial charge in [-0.05, 0) is 32.0 Å². The van der Waals surface area contributed by atoms with Crippen molar-refractivity contribution < 1.29 is 14.4 Å². The maximum atomic E-state index is 12.1. The average molecular weight is 338 g/mol. The Labute approximate surface area is 147 Å². The molecule has 25 heavy (non-hydrogen) atoms. The Hall–Kier alpha value is -2.95. The van der Waals surface area contributed by atoms with Crippen LogP contribution in [0.2, 0.25) is 0 Å². The van der Waals surface area contributed by atoms with E-state index in [0.29, 0.717) is 23.4 Å². The van der Waals surface area contributed by atoms with Crippen LogP contribution in [-0.4, -0.2) is 24.1 Å². The lowest BCUT2D eigenvalue weighted by atomic mass is 10.0. The van der Waals surface area contributed by atoms with Crippen LogP contribution in [0.5, 0.6) is 0 Å². The number of hydrogen-bond donors (Lipinski definition) is 2. The summed E-state index contributed by atoms with van der Waals surface area (Å²) in [5.41, 5.74) is 2.71. The number of ketones is 1. The Morgan fingerprint density at radius 1 is 0.920 bits per heavy atom. The van der Waals surface area contributed by atoms with Crippen LogP contribution in [0.1, 0.15) is 46.0 Å². The number of rotatable bonds is 7. The van der Waals surface area contributed by atoms with Crippen molar-refractivity contribution in [2.75, 3.05) is 11.9 Å². The van der Waals surface area contributed by atoms with E-state index in [1.54, 1.807) is 36.4 Å². The number of benzene rings is 2. The first-order valence-electron chi connectivity index (χ1n) is 8.27. The second-order valence-corrected chi connectivity index (χ2v) is 5.78. The van der Waals surface area contributed by atoms with Gasteiger partial charge in [0.1, 0.15) is 0 Å². The second kappa shape index (κ2) is 8.78. The first-order valence-corrected chi connectivity index (χ1v) is 8.27. The molecule has 2 rings (SSSR count). The van der Waals surface area contributed by atoms with E-state index in [2.05, 4.69) is 10.6 Å². The molecule has 0 saturated heterocycles. The van der Waals surface area contributed by atoms with Gasteiger partial charge in [0.25, 0.3) is 5.91 Å². The van der Waals surface area contributed by atoms with Gasteiger partial charge in [0.15, 0.2) is 5.78 Å². The zero-order valence-electron chi connectivity index (χ0n) is 14.5. The molecule has 0 saturated carbocycles. The van der Waals surface area contributed by atoms with E-state index in [4.69, 9.17) is 0 Å². The molecule has 0 radical (unpaired) electrons. The van der Waals surface area contributed by atoms with E-state index < -0.39 is 0 Å². The lowest BCUT2D eigenvalue weighted by Crippen LogP contribution is -2.22. The van der Waals surface area contributed by atoms with Gasteiger partial charge >= 0.3 is 0 Å². The van der Waals surface area contributed by atoms with Crippen LogP contribution in [0.4, 0.5) is 5.69 Å². The topological polar surface area (TPSA) is 75.3 Å². The Kier molecular flexibility index (Phi) is 6.46. The van der Waals surface area contributed by atoms with E-state index in [1.165, 1.54) is 0 Å². The third kappa shape index (κ3) is 5.57. The molecule has 0 fully saturated rings. The molecule has 5 heteroatoms. The fraction of sp³-hybridized carbons (Fsp3) is 0.250. The highest BCUT2D eigenvalue weighted by molar-refractivity contribution is 6.00. The molecule has 0 atom stereocenters. The summed E-state index contributed by atoms with van der Waals surface area (Å²) in [6, 6.07) is 14.0. The van der Waals surface area contributed by atoms with Gasteiger partial charge in [-0.1, -0.05) is 35.9 Å². The third-order valence-electron chi connectivity index (χ3n) is 3.70. The predicted octanol–water partition coefficient (Wildman–Crippen LogP) is 3.35. The molecule has 0 aliphatic heterocycles. The maximum absolute atomic E-state index is 12.1. The first kappa shape index (κ1) is 18.4. The highest BCUT2D eigenvalue weighted by Gasteiger charge is 2.10. The fourth-order valence-electron chi connectivity index (χ4n) is 2.34. The number of aryl methyl sites for hydroxylation is 1. The molecule has 0 heterocycles. The molecule has 0 spiro atoms. The average Bonchev–Trinajstić information content (AvgIpc) is 2.61. The molecule has 0 aliphatic rings. The van der Waals surface area contributed by atoms with Gasteiger partial charge in [-0.25, -0.2) is 0 Å². The predicted molar refractivity (Wildman–Crippen MR) is 97.8 cm³/mol. The van der Waals surface area contributed by atoms with Crippen LogP contribution in [0, 0.1) is 6.92 Å². The van der Waals surface area contributed by atoms with E-state index in [-0.39, 0.29) is 30.4 Å². The Balaban J connectivity index is 1.90. The number of anilines is 1. The van der Waals surface area contributed by atoms with E-state index >= 15 is 0 Å². The van der Waals surface area contributed by atoms with E-state index in [9.17, 15) is 14.4 Å². The highest BCUT2D eigenvalue weighted by Crippen LogP contribution is 2.12. The van der Waals surface area contributed by atoms with Gasteiger partial charge in [0, 0.05) is 36.2 Å². The van der Waals surface area contributed by atoms with Crippen LogP contribution in [-0.2, 0) is 4.79 Å². The normalized spacial score (nSPS) is 10.2. The first-order chi connectivity index (χ1) is 12.0. The summed E-state index contributed by atoms with van der Waals surface area (Å²) in [5.74, 6) is -0.507. The molecule has 0 unspecified atom stereocenters. The minimum Gasteiger partial charge on any atom is -0.352 e. The summed E-state index contributed by atoms with van der Waals surface area (Å²) in [7, 11) is 0. The van der Waals surface area contributed by atoms with Crippen molar-refractivity contribution in [1.82, 2.24) is 5.32 Å². The molecule has 2 amide bonds. The lowest BCUT2D eigenvalue weighted by molar-refractivity contribution is -0.116. The Morgan fingerprint density at radius 2 is 1.64 bits per heavy atom. The molecule has 2 aromatic carbocycles. The number of nitrogens with one attached hydrogen (secondary N) is 2. The van der Waals surface area contributed by atoms with Gasteiger partial charge in [0.05, 0.1) is 0 Å². The molecular formula is C20H22N2O3. The Morgan fingerprint density at radius 3 is 2.32 bits per heavy atom. The van der Waals surface area contributed by atoms with Gasteiger partial charge in [-0.2, -0.15) is 0 Å². The molecular weight excluding hydrogens is 316 g/mol. The lowest BCUT2D eigenvalue weighted by Gasteiger charge is -2.07. The standard InChI is InChI=1S/C20H22N2O3/c1-3-21-20(25)16-5-4-6-17(13-16)22-19(24)12-11-18(23)15-9-7-14(2)8-10-15/h4-10,13H,3,11-12H2,1-2H3,(H,21,25)(H,22,24). The Bertz CT molecular complexity index is 767. The zero-order chi connectivity index (χ0) is 18.2. The molecule has 130 valence electrons. The van der Waals surface area contributed by atoms with Gasteiger partial charge in [-0.3, -0.25) is 14.4 Å². The molecule has 0 aliphatic carbocycles. The summed E-state index contributed by atoms with van der Waals surface area (Å²) >= 11 is 0. The number of Topliss-reactive ketones (excluding diaryl/α,β-unsaturated/α-hetero) is 1. The van der Waals surface area contributed by atoms with Crippen molar-refractivity contribution in [2.45, 2.75) is 26.7 Å². The van der Waals surface area contributed by atoms with Crippen LogP contribution in [0.3, 0.4) is 0 Å². The fourth-order valence-corrected chi connectivity index (χ4v) is 2.34. The number of carbonyl (C=O) groups excluding carboxylic acids is 3. The number of carbonyl (C=O) groups is 3. The number of amides is 2. The zero-order valence-corrected chi connectivity index (χ0v) is 14.5. The maximum Gasteiger partial charge on any atom is 0.251 e. The van der Waals surface area contributed by atoms with Crippen molar-refractivity contribution in [3.05, 3.63) is 65.2 Å². The van der Waals surface area contributed by atoms with Gasteiger partial charge < -0.3 is 10.6 Å². The minimum absolute atomic E-state index is 0.0637. The van der Waals surface area contributed by atoms with Crippen molar-refractivity contribution in [1.29, 1.82) is 0 Å². The second-order valence-electron chi connectivity index (χ2n) is 5.78. The summed E-state index contributed by atoms with van der Waals surface area (Å²) in [6.45, 7) is 4.34. The summed E-state index contributed by atoms with van der Waals surface area (Å²) < 4.78 is 0. The number of hydrogen-bond acceptors (Lipinski definition) is 3. The van der Waals surface area contributed by atoms with E-state index in [1.807, 2.05) is 26.0 Å². The van der Waals surface area contributed by atoms with Crippen molar-refractivity contribution in [2.24, 2.45) is 0 Å². The van der Waals surface area contributed by atoms with Crippen LogP contribution in [0.15, 0.2) is 48.5 Å². The SMILES string of the molecule is CCNC(=O)c1cccc(NC(=O)CCC(=O)c2ccc(C)cc2)c1. The quantitative estimate of drug-likeness (QED) is 0.760. The van der Waals surface area contributed by atoms with Crippen molar-refractivity contribution >= 4 is 23.3 Å². The molecule has 2 N–H and O–H groups in total. The monoisotopic (exact) mass is 338 g/mol. The summed E-state index contributed by atoms with van der Waals surface area (Å²) in [4.78, 5) is 36.0. The highest BCUT2D eigenvalue weighted by atomic mass is 16.2. The van der Waals surface area contributed by atoms with Gasteiger partial charge in [-0.15, -0.1) is 0 Å². The minimum atomic E-state index is -0.256. The van der Waals surface area contributed by atoms with Crippen molar-refractivity contribution in [3.63, 3.8) is 0 Å². The largest absolute Gasteiger partial charge is 0.352 e. The van der Waals surface area contributed by atoms with Crippen molar-refractivity contribution in [3.8, 4) is 0 Å². The smallest absolute Gasteiger partial charge is 0.251 e. The third-order valence-corrected chi connectivity index (χ3v) is 3.70. The van der Waals surface area contributed by atoms with Gasteiger partial charge in [0.2, 0.25) is 5.91 Å². The van der Waals surface area contributed by atoms with Crippen LogP contribution < -0.4 is 10.6 Å². The summed E-state index contributed by atoms with van der Waals surface area (Å²) in [6.07, 6.45) is 0.239. The molecule has 0 aromatic heterocycles. The summed E-state index contributed by atoms with van der Waals surface area (Å²) in [5, 5.41) is 5.43. The molecule has 2 aromatic rings. The molecule has 5 nitrogen and oxygen atoms in total. The van der Waals surface area contributed by atoms with Crippen LogP contribution >= 0.6 is 0 Å². The van der Waals surface area contributed by atoms with Crippen LogP contribution in [0.25, 0.3) is 0 Å². The van der Waals surface area contributed by atoms with E-state index in [0.717, 1.165) is 5.56 Å².